The van der Waals surface area contributed by atoms with Crippen LogP contribution >= 0.6 is 0 Å². The van der Waals surface area contributed by atoms with Gasteiger partial charge in [-0.05, 0) is 18.2 Å². The molecule has 1 aromatic heterocycles. The highest BCUT2D eigenvalue weighted by atomic mass is 16.5. The highest BCUT2D eigenvalue weighted by Gasteiger charge is 2.15. The first-order valence-electron chi connectivity index (χ1n) is 7.14. The van der Waals surface area contributed by atoms with Crippen LogP contribution in [0.4, 0.5) is 0 Å². The van der Waals surface area contributed by atoms with Crippen molar-refractivity contribution < 1.29 is 19.0 Å². The van der Waals surface area contributed by atoms with E-state index in [4.69, 9.17) is 13.9 Å². The molecule has 1 unspecified atom stereocenters. The SMILES string of the molecule is OC(CNCc1cccc2c1OCCCO2)c1ccco1. The molecule has 0 spiro atoms. The molecule has 3 rings (SSSR count). The Morgan fingerprint density at radius 2 is 2.05 bits per heavy atom. The Kier molecular flexibility index (Phi) is 4.43. The summed E-state index contributed by atoms with van der Waals surface area (Å²) in [5.74, 6) is 2.15. The smallest absolute Gasteiger partial charge is 0.165 e. The maximum atomic E-state index is 9.96. The number of aliphatic hydroxyl groups is 1. The largest absolute Gasteiger partial charge is 0.490 e. The summed E-state index contributed by atoms with van der Waals surface area (Å²) in [6.07, 6.45) is 1.79. The molecule has 0 fully saturated rings. The number of rotatable bonds is 5. The molecule has 21 heavy (non-hydrogen) atoms. The van der Waals surface area contributed by atoms with Crippen molar-refractivity contribution in [2.75, 3.05) is 19.8 Å². The summed E-state index contributed by atoms with van der Waals surface area (Å²) in [6.45, 7) is 2.36. The number of aliphatic hydroxyl groups excluding tert-OH is 1. The standard InChI is InChI=1S/C16H19NO4/c18-13(14-6-2-7-19-14)11-17-10-12-4-1-5-15-16(12)21-9-3-8-20-15/h1-2,4-7,13,17-18H,3,8-11H2. The zero-order chi connectivity index (χ0) is 14.5. The Morgan fingerprint density at radius 3 is 2.90 bits per heavy atom. The molecule has 2 aromatic rings. The topological polar surface area (TPSA) is 63.9 Å². The summed E-state index contributed by atoms with van der Waals surface area (Å²) in [5, 5.41) is 13.2. The average molecular weight is 289 g/mol. The molecule has 5 heteroatoms. The van der Waals surface area contributed by atoms with Crippen molar-refractivity contribution in [2.45, 2.75) is 19.1 Å². The van der Waals surface area contributed by atoms with Crippen molar-refractivity contribution in [3.8, 4) is 11.5 Å². The lowest BCUT2D eigenvalue weighted by Gasteiger charge is -2.14. The molecule has 0 saturated carbocycles. The molecule has 2 N–H and O–H groups in total. The van der Waals surface area contributed by atoms with E-state index in [0.717, 1.165) is 23.5 Å². The zero-order valence-corrected chi connectivity index (χ0v) is 11.7. The van der Waals surface area contributed by atoms with Crippen LogP contribution in [0.25, 0.3) is 0 Å². The molecule has 1 aromatic carbocycles. The quantitative estimate of drug-likeness (QED) is 0.884. The van der Waals surface area contributed by atoms with E-state index in [-0.39, 0.29) is 0 Å². The first-order valence-corrected chi connectivity index (χ1v) is 7.14. The predicted octanol–water partition coefficient (Wildman–Crippen LogP) is 2.26. The molecular formula is C16H19NO4. The molecule has 2 heterocycles. The predicted molar refractivity (Wildman–Crippen MR) is 77.4 cm³/mol. The van der Waals surface area contributed by atoms with E-state index in [1.54, 1.807) is 18.4 Å². The zero-order valence-electron chi connectivity index (χ0n) is 11.7. The summed E-state index contributed by atoms with van der Waals surface area (Å²) in [7, 11) is 0. The van der Waals surface area contributed by atoms with Crippen molar-refractivity contribution in [3.63, 3.8) is 0 Å². The van der Waals surface area contributed by atoms with Crippen LogP contribution < -0.4 is 14.8 Å². The second-order valence-electron chi connectivity index (χ2n) is 4.96. The van der Waals surface area contributed by atoms with E-state index in [1.807, 2.05) is 18.2 Å². The number of para-hydroxylation sites is 1. The number of furan rings is 1. The lowest BCUT2D eigenvalue weighted by Crippen LogP contribution is -2.21. The lowest BCUT2D eigenvalue weighted by molar-refractivity contribution is 0.147. The van der Waals surface area contributed by atoms with Crippen LogP contribution in [0.3, 0.4) is 0 Å². The second-order valence-corrected chi connectivity index (χ2v) is 4.96. The summed E-state index contributed by atoms with van der Waals surface area (Å²) < 4.78 is 16.6. The number of hydrogen-bond acceptors (Lipinski definition) is 5. The fourth-order valence-electron chi connectivity index (χ4n) is 2.32. The number of nitrogens with one attached hydrogen (secondary N) is 1. The molecule has 0 radical (unpaired) electrons. The first-order chi connectivity index (χ1) is 10.3. The highest BCUT2D eigenvalue weighted by Crippen LogP contribution is 2.33. The van der Waals surface area contributed by atoms with Gasteiger partial charge in [-0.2, -0.15) is 0 Å². The normalized spacial score (nSPS) is 15.5. The van der Waals surface area contributed by atoms with E-state index < -0.39 is 6.10 Å². The third kappa shape index (κ3) is 3.37. The van der Waals surface area contributed by atoms with Gasteiger partial charge in [0.2, 0.25) is 0 Å². The van der Waals surface area contributed by atoms with Gasteiger partial charge in [-0.25, -0.2) is 0 Å². The summed E-state index contributed by atoms with van der Waals surface area (Å²) in [4.78, 5) is 0. The van der Waals surface area contributed by atoms with E-state index in [9.17, 15) is 5.11 Å². The molecule has 1 aliphatic rings. The van der Waals surface area contributed by atoms with E-state index >= 15 is 0 Å². The van der Waals surface area contributed by atoms with E-state index in [1.165, 1.54) is 0 Å². The van der Waals surface area contributed by atoms with Gasteiger partial charge >= 0.3 is 0 Å². The molecule has 0 aliphatic carbocycles. The molecule has 0 amide bonds. The van der Waals surface area contributed by atoms with Crippen molar-refractivity contribution in [2.24, 2.45) is 0 Å². The molecule has 5 nitrogen and oxygen atoms in total. The minimum atomic E-state index is -0.653. The van der Waals surface area contributed by atoms with Gasteiger partial charge < -0.3 is 24.3 Å². The fraction of sp³-hybridized carbons (Fsp3) is 0.375. The summed E-state index contributed by atoms with van der Waals surface area (Å²) in [6, 6.07) is 9.40. The molecular weight excluding hydrogens is 270 g/mol. The maximum absolute atomic E-state index is 9.96. The van der Waals surface area contributed by atoms with Gasteiger partial charge in [-0.1, -0.05) is 12.1 Å². The van der Waals surface area contributed by atoms with Crippen LogP contribution in [0.15, 0.2) is 41.0 Å². The van der Waals surface area contributed by atoms with Crippen LogP contribution in [0, 0.1) is 0 Å². The van der Waals surface area contributed by atoms with Gasteiger partial charge in [0, 0.05) is 25.1 Å². The Morgan fingerprint density at radius 1 is 1.14 bits per heavy atom. The van der Waals surface area contributed by atoms with Crippen LogP contribution in [0.5, 0.6) is 11.5 Å². The number of hydrogen-bond donors (Lipinski definition) is 2. The van der Waals surface area contributed by atoms with Crippen LogP contribution in [0.2, 0.25) is 0 Å². The average Bonchev–Trinajstić information content (AvgIpc) is 2.93. The van der Waals surface area contributed by atoms with Gasteiger partial charge in [0.15, 0.2) is 11.5 Å². The van der Waals surface area contributed by atoms with Crippen molar-refractivity contribution in [1.82, 2.24) is 5.32 Å². The first kappa shape index (κ1) is 14.0. The van der Waals surface area contributed by atoms with Gasteiger partial charge in [0.1, 0.15) is 11.9 Å². The summed E-state index contributed by atoms with van der Waals surface area (Å²) in [5.41, 5.74) is 1.03. The fourth-order valence-corrected chi connectivity index (χ4v) is 2.32. The molecule has 112 valence electrons. The van der Waals surface area contributed by atoms with E-state index in [2.05, 4.69) is 5.32 Å². The Bertz CT molecular complexity index is 568. The monoisotopic (exact) mass is 289 g/mol. The molecule has 0 bridgehead atoms. The third-order valence-corrected chi connectivity index (χ3v) is 3.38. The Hall–Kier alpha value is -1.98. The van der Waals surface area contributed by atoms with Gasteiger partial charge in [0.05, 0.1) is 19.5 Å². The number of ether oxygens (including phenoxy) is 2. The van der Waals surface area contributed by atoms with E-state index in [0.29, 0.717) is 32.1 Å². The molecule has 1 aliphatic heterocycles. The highest BCUT2D eigenvalue weighted by molar-refractivity contribution is 5.47. The minimum Gasteiger partial charge on any atom is -0.490 e. The van der Waals surface area contributed by atoms with Crippen molar-refractivity contribution in [3.05, 3.63) is 47.9 Å². The van der Waals surface area contributed by atoms with Crippen molar-refractivity contribution >= 4 is 0 Å². The molecule has 1 atom stereocenters. The number of benzene rings is 1. The van der Waals surface area contributed by atoms with Gasteiger partial charge in [0.25, 0.3) is 0 Å². The lowest BCUT2D eigenvalue weighted by atomic mass is 10.1. The summed E-state index contributed by atoms with van der Waals surface area (Å²) >= 11 is 0. The Labute approximate surface area is 123 Å². The van der Waals surface area contributed by atoms with Gasteiger partial charge in [-0.15, -0.1) is 0 Å². The second kappa shape index (κ2) is 6.65. The van der Waals surface area contributed by atoms with Crippen LogP contribution in [0.1, 0.15) is 23.8 Å². The minimum absolute atomic E-state index is 0.415. The van der Waals surface area contributed by atoms with Crippen molar-refractivity contribution in [1.29, 1.82) is 0 Å². The van der Waals surface area contributed by atoms with Gasteiger partial charge in [-0.3, -0.25) is 0 Å². The third-order valence-electron chi connectivity index (χ3n) is 3.38. The number of fused-ring (bicyclic) bond motifs is 1. The maximum Gasteiger partial charge on any atom is 0.165 e. The van der Waals surface area contributed by atoms with Crippen LogP contribution in [-0.2, 0) is 6.54 Å². The molecule has 0 saturated heterocycles. The van der Waals surface area contributed by atoms with Crippen LogP contribution in [-0.4, -0.2) is 24.9 Å². The Balaban J connectivity index is 1.60.